The third-order valence-electron chi connectivity index (χ3n) is 8.61. The summed E-state index contributed by atoms with van der Waals surface area (Å²) in [5, 5.41) is 10.4. The number of amides is 2. The zero-order valence-electron chi connectivity index (χ0n) is 20.8. The van der Waals surface area contributed by atoms with Gasteiger partial charge in [-0.2, -0.15) is 0 Å². The molecule has 2 aromatic heterocycles. The number of nitrogens with one attached hydrogen (secondary N) is 2. The van der Waals surface area contributed by atoms with Gasteiger partial charge in [-0.15, -0.1) is 0 Å². The molecule has 4 atom stereocenters. The average molecular weight is 495 g/mol. The molecule has 1 fully saturated rings. The van der Waals surface area contributed by atoms with E-state index in [1.807, 2.05) is 24.3 Å². The topological polar surface area (TPSA) is 86.5 Å². The number of hydrogen-bond donors (Lipinski definition) is 2. The molecule has 8 heteroatoms. The van der Waals surface area contributed by atoms with E-state index in [2.05, 4.69) is 51.0 Å². The molecule has 0 aliphatic carbocycles. The van der Waals surface area contributed by atoms with Crippen LogP contribution in [0.25, 0.3) is 43.6 Å². The van der Waals surface area contributed by atoms with Gasteiger partial charge in [-0.05, 0) is 24.6 Å². The van der Waals surface area contributed by atoms with Crippen LogP contribution in [0.4, 0.5) is 0 Å². The van der Waals surface area contributed by atoms with Gasteiger partial charge in [0.2, 0.25) is 5.91 Å². The first-order chi connectivity index (χ1) is 17.9. The summed E-state index contributed by atoms with van der Waals surface area (Å²) in [5.74, 6) is -0.144. The molecule has 1 saturated heterocycles. The molecule has 5 aromatic rings. The van der Waals surface area contributed by atoms with Gasteiger partial charge in [0, 0.05) is 48.5 Å². The van der Waals surface area contributed by atoms with Gasteiger partial charge >= 0.3 is 0 Å². The molecule has 2 bridgehead atoms. The van der Waals surface area contributed by atoms with E-state index in [4.69, 9.17) is 9.47 Å². The first-order valence-electron chi connectivity index (χ1n) is 12.7. The Morgan fingerprint density at radius 1 is 1.08 bits per heavy atom. The van der Waals surface area contributed by atoms with E-state index < -0.39 is 11.8 Å². The van der Waals surface area contributed by atoms with Gasteiger partial charge in [-0.1, -0.05) is 36.4 Å². The highest BCUT2D eigenvalue weighted by atomic mass is 16.6. The minimum atomic E-state index is -0.927. The average Bonchev–Trinajstić information content (AvgIpc) is 3.51. The number of benzene rings is 3. The highest BCUT2D eigenvalue weighted by molar-refractivity contribution is 6.31. The lowest BCUT2D eigenvalue weighted by Gasteiger charge is -2.48. The van der Waals surface area contributed by atoms with Crippen molar-refractivity contribution in [3.05, 3.63) is 59.7 Å². The summed E-state index contributed by atoms with van der Waals surface area (Å²) in [6, 6.07) is 16.2. The number of carbonyl (C=O) groups is 2. The SMILES string of the molecule is COC1C(NC(C)=O)CC2OC1(C)n1c3ccccc3c3c4c(c5c6ccccc6n2c5c31)C(=O)NC4. The van der Waals surface area contributed by atoms with Crippen LogP contribution < -0.4 is 10.6 Å². The van der Waals surface area contributed by atoms with E-state index in [0.717, 1.165) is 54.7 Å². The maximum atomic E-state index is 13.4. The van der Waals surface area contributed by atoms with Crippen molar-refractivity contribution >= 4 is 55.4 Å². The summed E-state index contributed by atoms with van der Waals surface area (Å²) < 4.78 is 17.7. The number of rotatable bonds is 2. The van der Waals surface area contributed by atoms with Crippen molar-refractivity contribution < 1.29 is 19.1 Å². The first kappa shape index (κ1) is 21.2. The third kappa shape index (κ3) is 2.40. The van der Waals surface area contributed by atoms with Gasteiger partial charge in [-0.25, -0.2) is 0 Å². The van der Waals surface area contributed by atoms with Crippen LogP contribution in [0.2, 0.25) is 0 Å². The molecule has 2 N–H and O–H groups in total. The van der Waals surface area contributed by atoms with Crippen molar-refractivity contribution in [2.75, 3.05) is 7.11 Å². The van der Waals surface area contributed by atoms with Crippen LogP contribution >= 0.6 is 0 Å². The van der Waals surface area contributed by atoms with Gasteiger partial charge < -0.3 is 29.2 Å². The maximum absolute atomic E-state index is 13.4. The number of methoxy groups -OCH3 is 1. The fourth-order valence-electron chi connectivity index (χ4n) is 7.46. The van der Waals surface area contributed by atoms with Gasteiger partial charge in [0.25, 0.3) is 5.91 Å². The van der Waals surface area contributed by atoms with Crippen molar-refractivity contribution in [1.82, 2.24) is 19.8 Å². The predicted octanol–water partition coefficient (Wildman–Crippen LogP) is 4.27. The Hall–Kier alpha value is -3.88. The second kappa shape index (κ2) is 6.90. The molecule has 4 unspecified atom stereocenters. The number of hydrogen-bond acceptors (Lipinski definition) is 4. The number of fused-ring (bicyclic) bond motifs is 13. The number of carbonyl (C=O) groups excluding carboxylic acids is 2. The number of para-hydroxylation sites is 2. The second-order valence-corrected chi connectivity index (χ2v) is 10.5. The molecule has 0 radical (unpaired) electrons. The molecule has 3 aromatic carbocycles. The maximum Gasteiger partial charge on any atom is 0.252 e. The van der Waals surface area contributed by atoms with Crippen molar-refractivity contribution in [2.24, 2.45) is 0 Å². The second-order valence-electron chi connectivity index (χ2n) is 10.5. The van der Waals surface area contributed by atoms with E-state index >= 15 is 0 Å². The van der Waals surface area contributed by atoms with Crippen molar-refractivity contribution in [3.8, 4) is 0 Å². The van der Waals surface area contributed by atoms with E-state index in [1.54, 1.807) is 14.0 Å². The Balaban J connectivity index is 1.66. The molecular weight excluding hydrogens is 468 g/mol. The quantitative estimate of drug-likeness (QED) is 0.384. The summed E-state index contributed by atoms with van der Waals surface area (Å²) in [4.78, 5) is 25.7. The molecule has 0 spiro atoms. The molecule has 2 amide bonds. The van der Waals surface area contributed by atoms with Crippen LogP contribution in [0, 0.1) is 0 Å². The number of aromatic nitrogens is 2. The molecule has 8 nitrogen and oxygen atoms in total. The lowest BCUT2D eigenvalue weighted by Crippen LogP contribution is -2.60. The molecule has 186 valence electrons. The summed E-state index contributed by atoms with van der Waals surface area (Å²) in [6.07, 6.45) is -0.278. The van der Waals surface area contributed by atoms with E-state index in [0.29, 0.717) is 13.0 Å². The van der Waals surface area contributed by atoms with Gasteiger partial charge in [0.05, 0.1) is 33.7 Å². The first-order valence-corrected chi connectivity index (χ1v) is 12.7. The van der Waals surface area contributed by atoms with Crippen LogP contribution in [0.1, 0.15) is 42.4 Å². The normalized spacial score (nSPS) is 26.2. The van der Waals surface area contributed by atoms with Crippen molar-refractivity contribution in [2.45, 2.75) is 50.9 Å². The summed E-state index contributed by atoms with van der Waals surface area (Å²) in [6.45, 7) is 4.08. The lowest BCUT2D eigenvalue weighted by atomic mass is 9.92. The van der Waals surface area contributed by atoms with Crippen LogP contribution in [0.15, 0.2) is 48.5 Å². The standard InChI is InChI=1S/C29H26N4O4/c1-14(34)31-18-12-21-32-19-10-6-4-8-15(19)23-24-17(13-30-28(24)35)22-16-9-5-7-11-20(16)33(26(22)25(23)32)29(2,37-21)27(18)36-3/h4-11,18,21,27H,12-13H2,1-3H3,(H,30,35)(H,31,34). The van der Waals surface area contributed by atoms with Gasteiger partial charge in [0.15, 0.2) is 5.72 Å². The van der Waals surface area contributed by atoms with Gasteiger partial charge in [-0.3, -0.25) is 9.59 Å². The number of ether oxygens (including phenoxy) is 2. The Kier molecular flexibility index (Phi) is 3.96. The fraction of sp³-hybridized carbons (Fsp3) is 0.310. The van der Waals surface area contributed by atoms with Crippen LogP contribution in [-0.2, 0) is 26.5 Å². The minimum absolute atomic E-state index is 0.0399. The highest BCUT2D eigenvalue weighted by Crippen LogP contribution is 2.53. The summed E-state index contributed by atoms with van der Waals surface area (Å²) in [7, 11) is 1.68. The Labute approximate surface area is 212 Å². The third-order valence-corrected chi connectivity index (χ3v) is 8.61. The van der Waals surface area contributed by atoms with E-state index in [9.17, 15) is 9.59 Å². The summed E-state index contributed by atoms with van der Waals surface area (Å²) >= 11 is 0. The van der Waals surface area contributed by atoms with E-state index in [1.165, 1.54) is 0 Å². The number of nitrogens with zero attached hydrogens (tertiary/aromatic N) is 2. The van der Waals surface area contributed by atoms with Crippen LogP contribution in [0.5, 0.6) is 0 Å². The van der Waals surface area contributed by atoms with Crippen molar-refractivity contribution in [1.29, 1.82) is 0 Å². The molecular formula is C29H26N4O4. The Morgan fingerprint density at radius 3 is 2.51 bits per heavy atom. The zero-order chi connectivity index (χ0) is 25.2. The Morgan fingerprint density at radius 2 is 1.78 bits per heavy atom. The zero-order valence-corrected chi connectivity index (χ0v) is 20.8. The highest BCUT2D eigenvalue weighted by Gasteiger charge is 2.53. The van der Waals surface area contributed by atoms with Crippen LogP contribution in [0.3, 0.4) is 0 Å². The monoisotopic (exact) mass is 494 g/mol. The molecule has 8 rings (SSSR count). The van der Waals surface area contributed by atoms with Crippen molar-refractivity contribution in [3.63, 3.8) is 0 Å². The molecule has 5 heterocycles. The smallest absolute Gasteiger partial charge is 0.252 e. The lowest BCUT2D eigenvalue weighted by molar-refractivity contribution is -0.256. The molecule has 3 aliphatic heterocycles. The molecule has 0 saturated carbocycles. The fourth-order valence-corrected chi connectivity index (χ4v) is 7.46. The van der Waals surface area contributed by atoms with E-state index in [-0.39, 0.29) is 24.1 Å². The molecule has 37 heavy (non-hydrogen) atoms. The van der Waals surface area contributed by atoms with Gasteiger partial charge in [0.1, 0.15) is 12.3 Å². The summed E-state index contributed by atoms with van der Waals surface area (Å²) in [5.41, 5.74) is 4.91. The predicted molar refractivity (Wildman–Crippen MR) is 140 cm³/mol. The largest absolute Gasteiger partial charge is 0.374 e. The van der Waals surface area contributed by atoms with Crippen LogP contribution in [-0.4, -0.2) is 40.2 Å². The molecule has 3 aliphatic rings. The minimum Gasteiger partial charge on any atom is -0.374 e. The Bertz CT molecular complexity index is 1850.